The summed E-state index contributed by atoms with van der Waals surface area (Å²) in [5.41, 5.74) is 8.20. The van der Waals surface area contributed by atoms with Crippen LogP contribution in [0.25, 0.3) is 0 Å². The predicted molar refractivity (Wildman–Crippen MR) is 77.2 cm³/mol. The molecule has 1 unspecified atom stereocenters. The molecule has 0 spiro atoms. The minimum Gasteiger partial charge on any atom is -0.496 e. The van der Waals surface area contributed by atoms with E-state index in [1.54, 1.807) is 7.11 Å². The van der Waals surface area contributed by atoms with Crippen molar-refractivity contribution in [2.75, 3.05) is 33.8 Å². The van der Waals surface area contributed by atoms with E-state index in [0.29, 0.717) is 5.92 Å². The second-order valence-electron chi connectivity index (χ2n) is 5.16. The lowest BCUT2D eigenvalue weighted by molar-refractivity contribution is 0.292. The molecule has 0 aliphatic rings. The van der Waals surface area contributed by atoms with Gasteiger partial charge in [0, 0.05) is 13.1 Å². The van der Waals surface area contributed by atoms with E-state index in [2.05, 4.69) is 37.9 Å². The second-order valence-corrected chi connectivity index (χ2v) is 5.16. The number of benzene rings is 1. The first-order chi connectivity index (χ1) is 8.56. The molecular formula is C15H26N2O. The summed E-state index contributed by atoms with van der Waals surface area (Å²) in [4.78, 5) is 2.34. The molecule has 0 fully saturated rings. The van der Waals surface area contributed by atoms with E-state index >= 15 is 0 Å². The number of likely N-dealkylation sites (N-methyl/N-ethyl adjacent to an activating group) is 1. The van der Waals surface area contributed by atoms with Crippen molar-refractivity contribution >= 4 is 0 Å². The van der Waals surface area contributed by atoms with E-state index in [1.807, 2.05) is 6.07 Å². The van der Waals surface area contributed by atoms with Gasteiger partial charge < -0.3 is 15.4 Å². The molecule has 0 amide bonds. The average molecular weight is 250 g/mol. The molecule has 3 heteroatoms. The van der Waals surface area contributed by atoms with Crippen LogP contribution in [0.1, 0.15) is 18.1 Å². The van der Waals surface area contributed by atoms with E-state index in [0.717, 1.165) is 31.8 Å². The van der Waals surface area contributed by atoms with Crippen molar-refractivity contribution in [2.24, 2.45) is 11.7 Å². The molecule has 0 radical (unpaired) electrons. The summed E-state index contributed by atoms with van der Waals surface area (Å²) < 4.78 is 5.27. The minimum atomic E-state index is 0.563. The Hall–Kier alpha value is -1.06. The first-order valence-corrected chi connectivity index (χ1v) is 6.59. The van der Waals surface area contributed by atoms with Crippen molar-refractivity contribution in [1.82, 2.24) is 4.90 Å². The Morgan fingerprint density at radius 3 is 2.67 bits per heavy atom. The summed E-state index contributed by atoms with van der Waals surface area (Å²) in [5.74, 6) is 1.52. The standard InChI is InChI=1S/C15H26N2O/c1-12(10-16)11-17(3)8-7-14-5-6-15(18-4)13(2)9-14/h5-6,9,12H,7-8,10-11,16H2,1-4H3. The zero-order valence-corrected chi connectivity index (χ0v) is 12.1. The Morgan fingerprint density at radius 2 is 2.11 bits per heavy atom. The Balaban J connectivity index is 2.46. The highest BCUT2D eigenvalue weighted by atomic mass is 16.5. The molecule has 1 aromatic carbocycles. The van der Waals surface area contributed by atoms with Gasteiger partial charge in [-0.05, 0) is 50.0 Å². The van der Waals surface area contributed by atoms with Gasteiger partial charge in [0.2, 0.25) is 0 Å². The molecule has 1 rings (SSSR count). The molecule has 0 aliphatic carbocycles. The van der Waals surface area contributed by atoms with Crippen molar-refractivity contribution in [2.45, 2.75) is 20.3 Å². The molecule has 1 aromatic rings. The largest absolute Gasteiger partial charge is 0.496 e. The molecule has 1 atom stereocenters. The fraction of sp³-hybridized carbons (Fsp3) is 0.600. The smallest absolute Gasteiger partial charge is 0.121 e. The third kappa shape index (κ3) is 4.67. The highest BCUT2D eigenvalue weighted by Gasteiger charge is 2.05. The zero-order valence-electron chi connectivity index (χ0n) is 12.1. The van der Waals surface area contributed by atoms with E-state index < -0.39 is 0 Å². The maximum Gasteiger partial charge on any atom is 0.121 e. The van der Waals surface area contributed by atoms with Gasteiger partial charge in [-0.15, -0.1) is 0 Å². The van der Waals surface area contributed by atoms with Crippen molar-refractivity contribution < 1.29 is 4.74 Å². The van der Waals surface area contributed by atoms with Gasteiger partial charge in [0.15, 0.2) is 0 Å². The Labute approximate surface area is 111 Å². The van der Waals surface area contributed by atoms with Crippen LogP contribution < -0.4 is 10.5 Å². The van der Waals surface area contributed by atoms with Crippen molar-refractivity contribution in [3.63, 3.8) is 0 Å². The van der Waals surface area contributed by atoms with Crippen LogP contribution in [-0.4, -0.2) is 38.7 Å². The SMILES string of the molecule is COc1ccc(CCN(C)CC(C)CN)cc1C. The van der Waals surface area contributed by atoms with Gasteiger partial charge in [-0.1, -0.05) is 19.1 Å². The topological polar surface area (TPSA) is 38.5 Å². The van der Waals surface area contributed by atoms with Gasteiger partial charge >= 0.3 is 0 Å². The Kier molecular flexibility index (Phi) is 6.16. The van der Waals surface area contributed by atoms with Crippen LogP contribution in [-0.2, 0) is 6.42 Å². The predicted octanol–water partition coefficient (Wildman–Crippen LogP) is 2.07. The lowest BCUT2D eigenvalue weighted by Gasteiger charge is -2.20. The molecule has 18 heavy (non-hydrogen) atoms. The number of methoxy groups -OCH3 is 1. The fourth-order valence-electron chi connectivity index (χ4n) is 2.11. The summed E-state index contributed by atoms with van der Waals surface area (Å²) in [6.45, 7) is 7.16. The minimum absolute atomic E-state index is 0.563. The number of rotatable bonds is 7. The summed E-state index contributed by atoms with van der Waals surface area (Å²) in [6, 6.07) is 6.40. The molecule has 0 saturated carbocycles. The molecule has 0 heterocycles. The van der Waals surface area contributed by atoms with E-state index in [-0.39, 0.29) is 0 Å². The molecular weight excluding hydrogens is 224 g/mol. The number of hydrogen-bond acceptors (Lipinski definition) is 3. The monoisotopic (exact) mass is 250 g/mol. The zero-order chi connectivity index (χ0) is 13.5. The number of aryl methyl sites for hydroxylation is 1. The van der Waals surface area contributed by atoms with Crippen molar-refractivity contribution in [3.8, 4) is 5.75 Å². The lowest BCUT2D eigenvalue weighted by Crippen LogP contribution is -2.30. The van der Waals surface area contributed by atoms with Gasteiger partial charge in [-0.2, -0.15) is 0 Å². The van der Waals surface area contributed by atoms with Gasteiger partial charge in [0.05, 0.1) is 7.11 Å². The summed E-state index contributed by atoms with van der Waals surface area (Å²) in [7, 11) is 3.87. The normalized spacial score (nSPS) is 12.8. The van der Waals surface area contributed by atoms with Crippen LogP contribution in [0.3, 0.4) is 0 Å². The molecule has 102 valence electrons. The van der Waals surface area contributed by atoms with Crippen molar-refractivity contribution in [3.05, 3.63) is 29.3 Å². The van der Waals surface area contributed by atoms with Crippen LogP contribution in [0.4, 0.5) is 0 Å². The molecule has 0 saturated heterocycles. The molecule has 3 nitrogen and oxygen atoms in total. The van der Waals surface area contributed by atoms with E-state index in [9.17, 15) is 0 Å². The summed E-state index contributed by atoms with van der Waals surface area (Å²) in [6.07, 6.45) is 1.07. The Bertz CT molecular complexity index is 366. The maximum atomic E-state index is 5.64. The quantitative estimate of drug-likeness (QED) is 0.805. The van der Waals surface area contributed by atoms with Crippen LogP contribution in [0.15, 0.2) is 18.2 Å². The van der Waals surface area contributed by atoms with Crippen LogP contribution in [0.5, 0.6) is 5.75 Å². The maximum absolute atomic E-state index is 5.64. The number of nitrogens with zero attached hydrogens (tertiary/aromatic N) is 1. The second kappa shape index (κ2) is 7.39. The van der Waals surface area contributed by atoms with Crippen LogP contribution >= 0.6 is 0 Å². The summed E-state index contributed by atoms with van der Waals surface area (Å²) in [5, 5.41) is 0. The van der Waals surface area contributed by atoms with Gasteiger partial charge in [-0.3, -0.25) is 0 Å². The Morgan fingerprint density at radius 1 is 1.39 bits per heavy atom. The first-order valence-electron chi connectivity index (χ1n) is 6.59. The molecule has 0 aliphatic heterocycles. The van der Waals surface area contributed by atoms with E-state index in [1.165, 1.54) is 11.1 Å². The summed E-state index contributed by atoms with van der Waals surface area (Å²) >= 11 is 0. The molecule has 0 aromatic heterocycles. The fourth-order valence-corrected chi connectivity index (χ4v) is 2.11. The van der Waals surface area contributed by atoms with Gasteiger partial charge in [0.25, 0.3) is 0 Å². The first kappa shape index (κ1) is 15.0. The van der Waals surface area contributed by atoms with Crippen molar-refractivity contribution in [1.29, 1.82) is 0 Å². The number of hydrogen-bond donors (Lipinski definition) is 1. The lowest BCUT2D eigenvalue weighted by atomic mass is 10.1. The third-order valence-corrected chi connectivity index (χ3v) is 3.27. The van der Waals surface area contributed by atoms with Gasteiger partial charge in [-0.25, -0.2) is 0 Å². The highest BCUT2D eigenvalue weighted by Crippen LogP contribution is 2.18. The molecule has 0 bridgehead atoms. The van der Waals surface area contributed by atoms with E-state index in [4.69, 9.17) is 10.5 Å². The third-order valence-electron chi connectivity index (χ3n) is 3.27. The number of nitrogens with two attached hydrogens (primary N) is 1. The number of ether oxygens (including phenoxy) is 1. The average Bonchev–Trinajstić information content (AvgIpc) is 2.36. The van der Waals surface area contributed by atoms with Crippen LogP contribution in [0.2, 0.25) is 0 Å². The highest BCUT2D eigenvalue weighted by molar-refractivity contribution is 5.36. The van der Waals surface area contributed by atoms with Gasteiger partial charge in [0.1, 0.15) is 5.75 Å². The van der Waals surface area contributed by atoms with Crippen LogP contribution in [0, 0.1) is 12.8 Å². The molecule has 2 N–H and O–H groups in total.